The van der Waals surface area contributed by atoms with Crippen molar-refractivity contribution in [2.24, 2.45) is 0 Å². The first-order valence-corrected chi connectivity index (χ1v) is 8.75. The molecule has 0 unspecified atom stereocenters. The fourth-order valence-electron chi connectivity index (χ4n) is 2.62. The number of benzene rings is 2. The largest absolute Gasteiger partial charge is 0.484 e. The van der Waals surface area contributed by atoms with Crippen LogP contribution in [0.5, 0.6) is 5.75 Å². The number of rotatable bonds is 7. The van der Waals surface area contributed by atoms with Gasteiger partial charge in [-0.05, 0) is 62.2 Å². The monoisotopic (exact) mass is 393 g/mol. The molecule has 0 aliphatic rings. The van der Waals surface area contributed by atoms with Crippen molar-refractivity contribution in [3.05, 3.63) is 40.9 Å². The number of methoxy groups -OCH3 is 1. The van der Waals surface area contributed by atoms with E-state index in [-0.39, 0.29) is 24.2 Å². The summed E-state index contributed by atoms with van der Waals surface area (Å²) in [6.07, 6.45) is 0.736. The van der Waals surface area contributed by atoms with E-state index in [9.17, 15) is 4.79 Å². The van der Waals surface area contributed by atoms with E-state index < -0.39 is 0 Å². The maximum atomic E-state index is 12.0. The molecule has 1 amide bonds. The van der Waals surface area contributed by atoms with Crippen molar-refractivity contribution in [2.75, 3.05) is 13.7 Å². The van der Waals surface area contributed by atoms with E-state index >= 15 is 0 Å². The van der Waals surface area contributed by atoms with Gasteiger partial charge in [-0.25, -0.2) is 0 Å². The Morgan fingerprint density at radius 1 is 1.21 bits per heavy atom. The third-order valence-electron chi connectivity index (χ3n) is 3.90. The Morgan fingerprint density at radius 2 is 1.88 bits per heavy atom. The van der Waals surface area contributed by atoms with Gasteiger partial charge in [0.1, 0.15) is 5.75 Å². The Bertz CT molecular complexity index is 715. The average molecular weight is 394 g/mol. The number of halogens is 1. The molecular formula is C19H24BrNO3. The highest BCUT2D eigenvalue weighted by molar-refractivity contribution is 9.10. The van der Waals surface area contributed by atoms with E-state index in [1.807, 2.05) is 57.2 Å². The van der Waals surface area contributed by atoms with Crippen molar-refractivity contribution in [3.63, 3.8) is 0 Å². The van der Waals surface area contributed by atoms with Gasteiger partial charge in [-0.15, -0.1) is 0 Å². The zero-order valence-corrected chi connectivity index (χ0v) is 16.1. The Hall–Kier alpha value is -1.59. The van der Waals surface area contributed by atoms with Crippen LogP contribution < -0.4 is 10.1 Å². The highest BCUT2D eigenvalue weighted by Crippen LogP contribution is 2.24. The molecule has 4 nitrogen and oxygen atoms in total. The van der Waals surface area contributed by atoms with E-state index in [1.165, 1.54) is 0 Å². The van der Waals surface area contributed by atoms with Crippen LogP contribution in [0.15, 0.2) is 40.9 Å². The number of carbonyl (C=O) groups excluding carboxylic acids is 1. The van der Waals surface area contributed by atoms with Gasteiger partial charge >= 0.3 is 0 Å². The highest BCUT2D eigenvalue weighted by Gasteiger charge is 2.21. The third kappa shape index (κ3) is 5.49. The summed E-state index contributed by atoms with van der Waals surface area (Å²) in [5, 5.41) is 5.13. The van der Waals surface area contributed by atoms with Gasteiger partial charge in [0.2, 0.25) is 0 Å². The van der Waals surface area contributed by atoms with Crippen molar-refractivity contribution in [3.8, 4) is 5.75 Å². The number of fused-ring (bicyclic) bond motifs is 1. The van der Waals surface area contributed by atoms with Crippen LogP contribution in [0.25, 0.3) is 10.8 Å². The SMILES string of the molecule is COC(C)(C)C[C@@H](C)NC(=O)COc1ccc2cc(Br)ccc2c1. The number of hydrogen-bond donors (Lipinski definition) is 1. The fraction of sp³-hybridized carbons (Fsp3) is 0.421. The molecule has 0 heterocycles. The predicted molar refractivity (Wildman–Crippen MR) is 100 cm³/mol. The first-order valence-electron chi connectivity index (χ1n) is 7.96. The Balaban J connectivity index is 1.88. The molecule has 1 N–H and O–H groups in total. The molecule has 24 heavy (non-hydrogen) atoms. The van der Waals surface area contributed by atoms with Crippen LogP contribution in [0.1, 0.15) is 27.2 Å². The zero-order valence-electron chi connectivity index (χ0n) is 14.6. The van der Waals surface area contributed by atoms with Crippen LogP contribution in [0.4, 0.5) is 0 Å². The molecule has 2 rings (SSSR count). The molecule has 0 saturated heterocycles. The quantitative estimate of drug-likeness (QED) is 0.762. The lowest BCUT2D eigenvalue weighted by atomic mass is 10.00. The Morgan fingerprint density at radius 3 is 2.58 bits per heavy atom. The summed E-state index contributed by atoms with van der Waals surface area (Å²) in [7, 11) is 1.68. The molecule has 0 aliphatic heterocycles. The standard InChI is InChI=1S/C19H24BrNO3/c1-13(11-19(2,3)23-4)21-18(22)12-24-17-8-6-14-9-16(20)7-5-15(14)10-17/h5-10,13H,11-12H2,1-4H3,(H,21,22)/t13-/m1/s1. The summed E-state index contributed by atoms with van der Waals surface area (Å²) in [6, 6.07) is 11.9. The van der Waals surface area contributed by atoms with Crippen molar-refractivity contribution in [1.29, 1.82) is 0 Å². The van der Waals surface area contributed by atoms with Crippen LogP contribution in [0.3, 0.4) is 0 Å². The number of hydrogen-bond acceptors (Lipinski definition) is 3. The van der Waals surface area contributed by atoms with E-state index in [4.69, 9.17) is 9.47 Å². The van der Waals surface area contributed by atoms with Crippen molar-refractivity contribution in [2.45, 2.75) is 38.8 Å². The van der Waals surface area contributed by atoms with E-state index in [0.717, 1.165) is 21.7 Å². The van der Waals surface area contributed by atoms with E-state index in [2.05, 4.69) is 21.2 Å². The van der Waals surface area contributed by atoms with Crippen LogP contribution in [0.2, 0.25) is 0 Å². The van der Waals surface area contributed by atoms with Gasteiger partial charge in [0, 0.05) is 17.6 Å². The van der Waals surface area contributed by atoms with Crippen LogP contribution in [0, 0.1) is 0 Å². The van der Waals surface area contributed by atoms with Gasteiger partial charge in [0.25, 0.3) is 5.91 Å². The summed E-state index contributed by atoms with van der Waals surface area (Å²) in [6.45, 7) is 5.96. The zero-order chi connectivity index (χ0) is 17.7. The van der Waals surface area contributed by atoms with Gasteiger partial charge in [0.05, 0.1) is 5.60 Å². The molecular weight excluding hydrogens is 370 g/mol. The van der Waals surface area contributed by atoms with Crippen LogP contribution in [-0.2, 0) is 9.53 Å². The molecule has 0 fully saturated rings. The number of nitrogens with one attached hydrogen (secondary N) is 1. The smallest absolute Gasteiger partial charge is 0.258 e. The first kappa shape index (κ1) is 18.7. The average Bonchev–Trinajstić information content (AvgIpc) is 2.52. The first-order chi connectivity index (χ1) is 11.3. The lowest BCUT2D eigenvalue weighted by molar-refractivity contribution is -0.124. The summed E-state index contributed by atoms with van der Waals surface area (Å²) in [4.78, 5) is 12.0. The van der Waals surface area contributed by atoms with Gasteiger partial charge in [-0.2, -0.15) is 0 Å². The van der Waals surface area contributed by atoms with Gasteiger partial charge in [-0.1, -0.05) is 28.1 Å². The summed E-state index contributed by atoms with van der Waals surface area (Å²) in [5.74, 6) is 0.551. The molecule has 0 saturated carbocycles. The van der Waals surface area contributed by atoms with Gasteiger partial charge in [-0.3, -0.25) is 4.79 Å². The Labute approximate surface area is 151 Å². The minimum atomic E-state index is -0.264. The molecule has 1 atom stereocenters. The van der Waals surface area contributed by atoms with Crippen LogP contribution >= 0.6 is 15.9 Å². The summed E-state index contributed by atoms with van der Waals surface area (Å²) < 4.78 is 12.0. The maximum Gasteiger partial charge on any atom is 0.258 e. The fourth-order valence-corrected chi connectivity index (χ4v) is 3.00. The minimum Gasteiger partial charge on any atom is -0.484 e. The van der Waals surface area contributed by atoms with Crippen molar-refractivity contribution in [1.82, 2.24) is 5.32 Å². The molecule has 0 aromatic heterocycles. The van der Waals surface area contributed by atoms with E-state index in [1.54, 1.807) is 7.11 Å². The highest BCUT2D eigenvalue weighted by atomic mass is 79.9. The topological polar surface area (TPSA) is 47.6 Å². The molecule has 0 aliphatic carbocycles. The lowest BCUT2D eigenvalue weighted by Gasteiger charge is -2.27. The molecule has 2 aromatic carbocycles. The third-order valence-corrected chi connectivity index (χ3v) is 4.39. The van der Waals surface area contributed by atoms with Gasteiger partial charge < -0.3 is 14.8 Å². The number of ether oxygens (including phenoxy) is 2. The summed E-state index contributed by atoms with van der Waals surface area (Å²) in [5.41, 5.74) is -0.264. The number of amides is 1. The lowest BCUT2D eigenvalue weighted by Crippen LogP contribution is -2.40. The molecule has 130 valence electrons. The van der Waals surface area contributed by atoms with Crippen LogP contribution in [-0.4, -0.2) is 31.3 Å². The molecule has 2 aromatic rings. The second-order valence-electron chi connectivity index (χ2n) is 6.58. The predicted octanol–water partition coefficient (Wildman–Crippen LogP) is 4.30. The minimum absolute atomic E-state index is 0.000213. The number of carbonyl (C=O) groups is 1. The second kappa shape index (κ2) is 7.99. The van der Waals surface area contributed by atoms with Crippen molar-refractivity contribution < 1.29 is 14.3 Å². The second-order valence-corrected chi connectivity index (χ2v) is 7.49. The van der Waals surface area contributed by atoms with Gasteiger partial charge in [0.15, 0.2) is 6.61 Å². The molecule has 5 heteroatoms. The molecule has 0 spiro atoms. The normalized spacial score (nSPS) is 12.9. The Kier molecular flexibility index (Phi) is 6.24. The summed E-state index contributed by atoms with van der Waals surface area (Å²) >= 11 is 3.46. The molecule has 0 bridgehead atoms. The van der Waals surface area contributed by atoms with E-state index in [0.29, 0.717) is 5.75 Å². The maximum absolute atomic E-state index is 12.0. The van der Waals surface area contributed by atoms with Crippen molar-refractivity contribution >= 4 is 32.6 Å². The molecule has 0 radical (unpaired) electrons.